The third-order valence-electron chi connectivity index (χ3n) is 19.0. The largest absolute Gasteiger partial charge is 0.504 e. The van der Waals surface area contributed by atoms with Gasteiger partial charge in [-0.2, -0.15) is 0 Å². The van der Waals surface area contributed by atoms with Crippen LogP contribution in [0.25, 0.3) is 10.9 Å². The molecule has 21 heteroatoms. The number of ether oxygens (including phenoxy) is 5. The van der Waals surface area contributed by atoms with Crippen molar-refractivity contribution in [1.82, 2.24) is 34.4 Å². The number of unbranched alkanes of at least 4 members (excludes halogenated alkanes) is 2. The highest BCUT2D eigenvalue weighted by Gasteiger charge is 2.73. The maximum absolute atomic E-state index is 14.1. The number of phenolic OH excluding ortho intramolecular Hbond substituents is 1. The van der Waals surface area contributed by atoms with Gasteiger partial charge in [0.1, 0.15) is 28.9 Å². The summed E-state index contributed by atoms with van der Waals surface area (Å²) >= 11 is 0. The van der Waals surface area contributed by atoms with Crippen LogP contribution in [-0.4, -0.2) is 207 Å². The summed E-state index contributed by atoms with van der Waals surface area (Å²) in [5.74, 6) is -0.713. The first-order valence-electron chi connectivity index (χ1n) is 34.3. The van der Waals surface area contributed by atoms with Gasteiger partial charge < -0.3 is 49.1 Å². The molecule has 6 aliphatic rings. The molecule has 94 heavy (non-hydrogen) atoms. The van der Waals surface area contributed by atoms with E-state index in [1.165, 1.54) is 12.8 Å². The number of aromatic hydroxyl groups is 1. The van der Waals surface area contributed by atoms with Crippen LogP contribution < -0.4 is 15.4 Å². The van der Waals surface area contributed by atoms with Gasteiger partial charge in [0, 0.05) is 106 Å². The van der Waals surface area contributed by atoms with Crippen LogP contribution in [0.15, 0.2) is 60.7 Å². The lowest BCUT2D eigenvalue weighted by Gasteiger charge is -2.63. The number of benzene rings is 3. The molecule has 1 spiro atoms. The Morgan fingerprint density at radius 2 is 1.20 bits per heavy atom. The molecule has 10 rings (SSSR count). The topological polar surface area (TPSA) is 234 Å². The normalized spacial score (nSPS) is 23.2. The fourth-order valence-electron chi connectivity index (χ4n) is 15.0. The van der Waals surface area contributed by atoms with E-state index in [1.807, 2.05) is 146 Å². The molecular formula is C73H104N8O13. The Balaban J connectivity index is 0.782. The number of rotatable bonds is 21. The summed E-state index contributed by atoms with van der Waals surface area (Å²) in [6.07, 6.45) is 6.36. The van der Waals surface area contributed by atoms with Crippen LogP contribution in [0.1, 0.15) is 162 Å². The summed E-state index contributed by atoms with van der Waals surface area (Å²) in [5, 5.41) is 32.0. The van der Waals surface area contributed by atoms with E-state index in [4.69, 9.17) is 23.7 Å². The SMILES string of the molecule is CC(C)(C)OC(=O)CN1CCN(CC(=O)OC(C)(C)C)CCN(CC(=O)OC(C)(C)C)C(Cc2ccc(NC(=O)CCCCCNC(=O)Cn3c4c(c5ccccc53)C[C@@]3(O)C5Cc6ccc(O)c7c6C3(CCN5CC3CC3)[C@H]4O7)cc2)CN(CC(=O)OC(C)(C)C)CC1. The van der Waals surface area contributed by atoms with Crippen molar-refractivity contribution in [2.45, 2.75) is 205 Å². The number of piperidine rings is 1. The Morgan fingerprint density at radius 1 is 0.628 bits per heavy atom. The maximum Gasteiger partial charge on any atom is 0.320 e. The Morgan fingerprint density at radius 3 is 1.81 bits per heavy atom. The van der Waals surface area contributed by atoms with Gasteiger partial charge in [0.2, 0.25) is 11.8 Å². The number of hydrogen-bond donors (Lipinski definition) is 4. The number of carbonyl (C=O) groups excluding carboxylic acids is 6. The smallest absolute Gasteiger partial charge is 0.320 e. The van der Waals surface area contributed by atoms with Gasteiger partial charge in [-0.3, -0.25) is 53.3 Å². The van der Waals surface area contributed by atoms with Gasteiger partial charge in [-0.15, -0.1) is 0 Å². The van der Waals surface area contributed by atoms with Crippen molar-refractivity contribution in [2.75, 3.05) is 96.9 Å². The van der Waals surface area contributed by atoms with E-state index in [-0.39, 0.29) is 62.8 Å². The van der Waals surface area contributed by atoms with Gasteiger partial charge >= 0.3 is 23.9 Å². The predicted octanol–water partition coefficient (Wildman–Crippen LogP) is 7.86. The van der Waals surface area contributed by atoms with Gasteiger partial charge in [-0.1, -0.05) is 42.8 Å². The third kappa shape index (κ3) is 17.1. The van der Waals surface area contributed by atoms with Crippen molar-refractivity contribution in [1.29, 1.82) is 0 Å². The highest BCUT2D eigenvalue weighted by Crippen LogP contribution is 2.69. The highest BCUT2D eigenvalue weighted by molar-refractivity contribution is 5.91. The Hall–Kier alpha value is -6.62. The minimum absolute atomic E-state index is 0.0119. The van der Waals surface area contributed by atoms with Crippen molar-refractivity contribution >= 4 is 52.3 Å². The highest BCUT2D eigenvalue weighted by atomic mass is 16.6. The van der Waals surface area contributed by atoms with Crippen molar-refractivity contribution in [3.63, 3.8) is 0 Å². The number of anilines is 1. The third-order valence-corrected chi connectivity index (χ3v) is 19.0. The van der Waals surface area contributed by atoms with Gasteiger partial charge in [-0.25, -0.2) is 0 Å². The molecule has 1 aromatic heterocycles. The number of nitrogens with one attached hydrogen (secondary N) is 2. The molecule has 3 aliphatic heterocycles. The fourth-order valence-corrected chi connectivity index (χ4v) is 15.0. The van der Waals surface area contributed by atoms with E-state index >= 15 is 0 Å². The quantitative estimate of drug-likeness (QED) is 0.0353. The molecule has 0 radical (unpaired) electrons. The van der Waals surface area contributed by atoms with Gasteiger partial charge in [0.05, 0.1) is 42.9 Å². The van der Waals surface area contributed by atoms with Crippen molar-refractivity contribution < 1.29 is 62.7 Å². The zero-order valence-electron chi connectivity index (χ0n) is 57.8. The number of amides is 2. The number of para-hydroxylation sites is 1. The molecule has 3 unspecified atom stereocenters. The maximum atomic E-state index is 14.1. The van der Waals surface area contributed by atoms with Crippen molar-refractivity contribution in [3.05, 3.63) is 88.6 Å². The Kier molecular flexibility index (Phi) is 21.1. The lowest BCUT2D eigenvalue weighted by Crippen LogP contribution is -2.74. The summed E-state index contributed by atoms with van der Waals surface area (Å²) in [6.45, 7) is 26.5. The number of nitrogens with zero attached hydrogens (tertiary/aromatic N) is 6. The van der Waals surface area contributed by atoms with Gasteiger partial charge in [-0.05, 0) is 181 Å². The molecule has 5 atom stereocenters. The van der Waals surface area contributed by atoms with Crippen LogP contribution in [0.4, 0.5) is 5.69 Å². The van der Waals surface area contributed by atoms with Crippen LogP contribution in [0.3, 0.4) is 0 Å². The molecule has 514 valence electrons. The number of phenols is 1. The van der Waals surface area contributed by atoms with Gasteiger partial charge in [0.25, 0.3) is 0 Å². The van der Waals surface area contributed by atoms with E-state index in [1.54, 1.807) is 6.07 Å². The second-order valence-corrected chi connectivity index (χ2v) is 31.3. The minimum Gasteiger partial charge on any atom is -0.504 e. The monoisotopic (exact) mass is 1300 g/mol. The lowest BCUT2D eigenvalue weighted by atomic mass is 9.49. The zero-order chi connectivity index (χ0) is 67.7. The van der Waals surface area contributed by atoms with Crippen molar-refractivity contribution in [2.24, 2.45) is 5.92 Å². The van der Waals surface area contributed by atoms with Crippen molar-refractivity contribution in [3.8, 4) is 11.5 Å². The first-order valence-corrected chi connectivity index (χ1v) is 34.3. The summed E-state index contributed by atoms with van der Waals surface area (Å²) in [7, 11) is 0. The molecule has 1 saturated carbocycles. The number of likely N-dealkylation sites (tertiary alicyclic amines) is 1. The molecule has 2 saturated heterocycles. The molecule has 4 heterocycles. The molecular weight excluding hydrogens is 1200 g/mol. The molecule has 3 aromatic carbocycles. The van der Waals surface area contributed by atoms with Crippen LogP contribution in [0.5, 0.6) is 11.5 Å². The molecule has 4 aromatic rings. The number of aromatic nitrogens is 1. The van der Waals surface area contributed by atoms with E-state index in [0.717, 1.165) is 51.9 Å². The summed E-state index contributed by atoms with van der Waals surface area (Å²) < 4.78 is 32.3. The second kappa shape index (κ2) is 28.2. The molecule has 4 N–H and O–H groups in total. The van der Waals surface area contributed by atoms with Crippen LogP contribution >= 0.6 is 0 Å². The number of aliphatic hydroxyl groups is 1. The molecule has 2 bridgehead atoms. The Bertz CT molecular complexity index is 3410. The lowest BCUT2D eigenvalue weighted by molar-refractivity contribution is -0.173. The summed E-state index contributed by atoms with van der Waals surface area (Å²) in [6, 6.07) is 19.0. The van der Waals surface area contributed by atoms with Crippen LogP contribution in [0, 0.1) is 5.92 Å². The zero-order valence-corrected chi connectivity index (χ0v) is 57.8. The number of esters is 4. The van der Waals surface area contributed by atoms with Crippen LogP contribution in [0.2, 0.25) is 0 Å². The standard InChI is InChI=1S/C73H104N8O13/c1-68(2,3)91-60(85)44-76-32-33-77(45-61(86)92-69(4,5)6)36-37-79(47-63(88)94-71(10,11)12)52(42-78(35-34-76)46-62(87)93-70(7,8)9)38-48-23-26-51(27-24-48)75-58(83)20-14-13-17-30-74-59(84)43-81-55-19-16-15-18-53(55)54-40-73(89)57-39-50-25-28-56(82)66-64(50)72(73,67(90-66)65(54)81)29-31-80(57)41-49-21-22-49/h15-16,18-19,23-28,49,52,57,67,82,89H,13-14,17,20-22,29-47H2,1-12H3,(H,74,84)(H,75,83)/t52?,57?,67-,72?,73+/m0/s1. The second-order valence-electron chi connectivity index (χ2n) is 31.3. The first kappa shape index (κ1) is 70.2. The van der Waals surface area contributed by atoms with E-state index < -0.39 is 69.4 Å². The molecule has 21 nitrogen and oxygen atoms in total. The predicted molar refractivity (Wildman–Crippen MR) is 358 cm³/mol. The number of hydrogen-bond acceptors (Lipinski definition) is 18. The van der Waals surface area contributed by atoms with Gasteiger partial charge in [0.15, 0.2) is 17.6 Å². The molecule has 2 amide bonds. The first-order chi connectivity index (χ1) is 44.2. The van der Waals surface area contributed by atoms with E-state index in [2.05, 4.69) is 31.1 Å². The molecule has 3 fully saturated rings. The van der Waals surface area contributed by atoms with Crippen LogP contribution in [-0.2, 0) is 78.9 Å². The summed E-state index contributed by atoms with van der Waals surface area (Å²) in [5.41, 5.74) is 1.57. The van der Waals surface area contributed by atoms with E-state index in [9.17, 15) is 39.0 Å². The fraction of sp³-hybridized carbons (Fsp3) is 0.644. The summed E-state index contributed by atoms with van der Waals surface area (Å²) in [4.78, 5) is 92.5. The van der Waals surface area contributed by atoms with E-state index in [0.29, 0.717) is 115 Å². The average Bonchev–Trinajstić information content (AvgIpc) is 1.43. The number of carbonyl (C=O) groups is 6. The average molecular weight is 1300 g/mol. The number of fused-ring (bicyclic) bond motifs is 4. The molecule has 3 aliphatic carbocycles. The Labute approximate surface area is 555 Å². The minimum atomic E-state index is -1.14.